The molecule has 11 heteroatoms. The summed E-state index contributed by atoms with van der Waals surface area (Å²) in [6.07, 6.45) is -3.94. The highest BCUT2D eigenvalue weighted by molar-refractivity contribution is 6.76. The SMILES string of the molecule is C[Si](C)(C)CCOCn1ncc(N2CC(OCCOCc3ccccc3)C2)c(C(F)(F)F)c1=O. The van der Waals surface area contributed by atoms with Gasteiger partial charge in [0.15, 0.2) is 0 Å². The van der Waals surface area contributed by atoms with Gasteiger partial charge < -0.3 is 19.1 Å². The largest absolute Gasteiger partial charge is 0.423 e. The number of ether oxygens (including phenoxy) is 3. The van der Waals surface area contributed by atoms with Gasteiger partial charge >= 0.3 is 6.18 Å². The van der Waals surface area contributed by atoms with Crippen molar-refractivity contribution in [3.63, 3.8) is 0 Å². The maximum absolute atomic E-state index is 13.7. The van der Waals surface area contributed by atoms with Crippen molar-refractivity contribution < 1.29 is 27.4 Å². The Labute approximate surface area is 198 Å². The van der Waals surface area contributed by atoms with Crippen LogP contribution in [0.1, 0.15) is 11.1 Å². The van der Waals surface area contributed by atoms with Crippen molar-refractivity contribution in [1.82, 2.24) is 9.78 Å². The van der Waals surface area contributed by atoms with Crippen LogP contribution in [-0.2, 0) is 33.7 Å². The maximum Gasteiger partial charge on any atom is 0.423 e. The predicted octanol–water partition coefficient (Wildman–Crippen LogP) is 4.00. The minimum absolute atomic E-state index is 0.226. The zero-order chi connectivity index (χ0) is 24.8. The highest BCUT2D eigenvalue weighted by Gasteiger charge is 2.42. The lowest BCUT2D eigenvalue weighted by atomic mass is 10.1. The van der Waals surface area contributed by atoms with Gasteiger partial charge in [-0.3, -0.25) is 4.79 Å². The van der Waals surface area contributed by atoms with Crippen molar-refractivity contribution in [2.75, 3.05) is 37.8 Å². The third-order valence-electron chi connectivity index (χ3n) is 5.40. The number of nitrogens with zero attached hydrogens (tertiary/aromatic N) is 3. The Morgan fingerprint density at radius 3 is 2.41 bits per heavy atom. The minimum Gasteiger partial charge on any atom is -0.374 e. The molecule has 1 aliphatic rings. The zero-order valence-corrected chi connectivity index (χ0v) is 20.8. The third kappa shape index (κ3) is 7.65. The lowest BCUT2D eigenvalue weighted by Crippen LogP contribution is -2.54. The molecule has 3 rings (SSSR count). The highest BCUT2D eigenvalue weighted by Crippen LogP contribution is 2.35. The van der Waals surface area contributed by atoms with E-state index in [0.717, 1.165) is 22.5 Å². The lowest BCUT2D eigenvalue weighted by Gasteiger charge is -2.41. The van der Waals surface area contributed by atoms with E-state index in [1.165, 1.54) is 4.90 Å². The van der Waals surface area contributed by atoms with Crippen molar-refractivity contribution >= 4 is 13.8 Å². The van der Waals surface area contributed by atoms with Gasteiger partial charge in [-0.15, -0.1) is 0 Å². The summed E-state index contributed by atoms with van der Waals surface area (Å²) >= 11 is 0. The Morgan fingerprint density at radius 2 is 1.76 bits per heavy atom. The molecule has 1 aliphatic heterocycles. The number of rotatable bonds is 12. The van der Waals surface area contributed by atoms with Gasteiger partial charge in [0.2, 0.25) is 0 Å². The topological polar surface area (TPSA) is 65.8 Å². The second-order valence-corrected chi connectivity index (χ2v) is 15.1. The van der Waals surface area contributed by atoms with E-state index >= 15 is 0 Å². The number of alkyl halides is 3. The zero-order valence-electron chi connectivity index (χ0n) is 19.8. The molecule has 0 aliphatic carbocycles. The van der Waals surface area contributed by atoms with Crippen LogP contribution in [0.2, 0.25) is 25.7 Å². The fraction of sp³-hybridized carbons (Fsp3) is 0.565. The summed E-state index contributed by atoms with van der Waals surface area (Å²) in [5.41, 5.74) is -1.59. The van der Waals surface area contributed by atoms with Crippen LogP contribution in [-0.4, -0.2) is 56.9 Å². The lowest BCUT2D eigenvalue weighted by molar-refractivity contribution is -0.139. The fourth-order valence-electron chi connectivity index (χ4n) is 3.39. The molecule has 34 heavy (non-hydrogen) atoms. The molecule has 0 unspecified atom stereocenters. The standard InChI is InChI=1S/C23H32F3N3O4Si/c1-34(2,3)12-11-32-17-29-22(30)21(23(24,25)26)20(13-27-29)28-14-19(15-28)33-10-9-31-16-18-7-5-4-6-8-18/h4-8,13,19H,9-12,14-17H2,1-3H3. The van der Waals surface area contributed by atoms with Crippen molar-refractivity contribution in [2.45, 2.75) is 51.3 Å². The summed E-state index contributed by atoms with van der Waals surface area (Å²) in [6, 6.07) is 10.6. The van der Waals surface area contributed by atoms with Gasteiger partial charge in [-0.05, 0) is 11.6 Å². The Balaban J connectivity index is 1.50. The Bertz CT molecular complexity index is 974. The Hall–Kier alpha value is -2.21. The maximum atomic E-state index is 13.7. The first-order chi connectivity index (χ1) is 16.0. The van der Waals surface area contributed by atoms with Gasteiger partial charge in [-0.1, -0.05) is 50.0 Å². The van der Waals surface area contributed by atoms with Crippen molar-refractivity contribution in [1.29, 1.82) is 0 Å². The molecule has 0 N–H and O–H groups in total. The number of hydrogen-bond acceptors (Lipinski definition) is 6. The van der Waals surface area contributed by atoms with Crippen LogP contribution in [0.3, 0.4) is 0 Å². The predicted molar refractivity (Wildman–Crippen MR) is 126 cm³/mol. The molecule has 1 aromatic heterocycles. The van der Waals surface area contributed by atoms with Crippen molar-refractivity contribution in [3.8, 4) is 0 Å². The Morgan fingerprint density at radius 1 is 1.06 bits per heavy atom. The van der Waals surface area contributed by atoms with Gasteiger partial charge in [0, 0.05) is 27.8 Å². The van der Waals surface area contributed by atoms with E-state index in [-0.39, 0.29) is 31.6 Å². The number of hydrogen-bond donors (Lipinski definition) is 0. The summed E-state index contributed by atoms with van der Waals surface area (Å²) in [7, 11) is -1.35. The van der Waals surface area contributed by atoms with E-state index in [9.17, 15) is 18.0 Å². The first-order valence-electron chi connectivity index (χ1n) is 11.3. The molecule has 1 saturated heterocycles. The summed E-state index contributed by atoms with van der Waals surface area (Å²) in [5.74, 6) is 0. The van der Waals surface area contributed by atoms with Crippen LogP contribution in [0, 0.1) is 0 Å². The molecule has 0 atom stereocenters. The normalized spacial score (nSPS) is 14.9. The van der Waals surface area contributed by atoms with Crippen LogP contribution < -0.4 is 10.5 Å². The summed E-state index contributed by atoms with van der Waals surface area (Å²) in [6.45, 7) is 8.27. The second-order valence-electron chi connectivity index (χ2n) is 9.49. The summed E-state index contributed by atoms with van der Waals surface area (Å²) in [5, 5.41) is 3.92. The molecule has 0 amide bonds. The summed E-state index contributed by atoms with van der Waals surface area (Å²) < 4.78 is 58.6. The van der Waals surface area contributed by atoms with E-state index < -0.39 is 25.4 Å². The molecule has 0 saturated carbocycles. The van der Waals surface area contributed by atoms with E-state index in [4.69, 9.17) is 14.2 Å². The van der Waals surface area contributed by atoms with E-state index in [2.05, 4.69) is 24.7 Å². The smallest absolute Gasteiger partial charge is 0.374 e. The number of anilines is 1. The summed E-state index contributed by atoms with van der Waals surface area (Å²) in [4.78, 5) is 14.0. The number of benzene rings is 1. The second kappa shape index (κ2) is 11.5. The van der Waals surface area contributed by atoms with Crippen molar-refractivity contribution in [2.24, 2.45) is 0 Å². The monoisotopic (exact) mass is 499 g/mol. The molecule has 1 fully saturated rings. The van der Waals surface area contributed by atoms with Gasteiger partial charge in [0.25, 0.3) is 5.56 Å². The first kappa shape index (κ1) is 26.4. The molecule has 2 aromatic rings. The average molecular weight is 500 g/mol. The molecule has 0 spiro atoms. The number of aromatic nitrogens is 2. The molecule has 0 bridgehead atoms. The van der Waals surface area contributed by atoms with Crippen LogP contribution in [0.25, 0.3) is 0 Å². The molecule has 0 radical (unpaired) electrons. The highest BCUT2D eigenvalue weighted by atomic mass is 28.3. The van der Waals surface area contributed by atoms with Gasteiger partial charge in [0.1, 0.15) is 12.3 Å². The Kier molecular flexibility index (Phi) is 8.91. The molecule has 2 heterocycles. The van der Waals surface area contributed by atoms with Crippen LogP contribution >= 0.6 is 0 Å². The third-order valence-corrected chi connectivity index (χ3v) is 7.10. The first-order valence-corrected chi connectivity index (χ1v) is 15.0. The van der Waals surface area contributed by atoms with E-state index in [1.54, 1.807) is 0 Å². The van der Waals surface area contributed by atoms with E-state index in [1.807, 2.05) is 30.3 Å². The van der Waals surface area contributed by atoms with Crippen LogP contribution in [0.15, 0.2) is 41.3 Å². The number of halogens is 3. The molecular weight excluding hydrogens is 467 g/mol. The van der Waals surface area contributed by atoms with Gasteiger partial charge in [-0.2, -0.15) is 18.3 Å². The minimum atomic E-state index is -4.80. The molecule has 188 valence electrons. The quantitative estimate of drug-likeness (QED) is 0.325. The fourth-order valence-corrected chi connectivity index (χ4v) is 4.14. The van der Waals surface area contributed by atoms with Gasteiger partial charge in [-0.25, -0.2) is 4.68 Å². The molecule has 7 nitrogen and oxygen atoms in total. The van der Waals surface area contributed by atoms with Gasteiger partial charge in [0.05, 0.1) is 37.8 Å². The van der Waals surface area contributed by atoms with E-state index in [0.29, 0.717) is 26.4 Å². The van der Waals surface area contributed by atoms with Crippen molar-refractivity contribution in [3.05, 3.63) is 58.0 Å². The molecular formula is C23H32F3N3O4Si. The molecule has 1 aromatic carbocycles. The van der Waals surface area contributed by atoms with Crippen LogP contribution in [0.5, 0.6) is 0 Å². The average Bonchev–Trinajstić information content (AvgIpc) is 2.72. The van der Waals surface area contributed by atoms with Crippen LogP contribution in [0.4, 0.5) is 18.9 Å².